The molecule has 0 bridgehead atoms. The SMILES string of the molecule is CCCCCCCCCCCCCC(=O)N[C@@H](C)C(=O)N[C@@H](CC(N)=O)C(=O)O. The molecule has 0 aromatic carbocycles. The van der Waals surface area contributed by atoms with E-state index in [0.717, 1.165) is 19.3 Å². The highest BCUT2D eigenvalue weighted by Crippen LogP contribution is 2.11. The second-order valence-electron chi connectivity index (χ2n) is 7.64. The van der Waals surface area contributed by atoms with Crippen LogP contribution in [0, 0.1) is 0 Å². The zero-order valence-electron chi connectivity index (χ0n) is 18.0. The molecule has 0 heterocycles. The zero-order chi connectivity index (χ0) is 22.1. The van der Waals surface area contributed by atoms with Crippen LogP contribution in [0.25, 0.3) is 0 Å². The smallest absolute Gasteiger partial charge is 0.326 e. The molecule has 0 aromatic heterocycles. The summed E-state index contributed by atoms with van der Waals surface area (Å²) >= 11 is 0. The quantitative estimate of drug-likeness (QED) is 0.256. The number of carbonyl (C=O) groups excluding carboxylic acids is 3. The van der Waals surface area contributed by atoms with Gasteiger partial charge in [-0.1, -0.05) is 71.1 Å². The van der Waals surface area contributed by atoms with Crippen molar-refractivity contribution in [2.45, 2.75) is 109 Å². The van der Waals surface area contributed by atoms with Crippen molar-refractivity contribution in [3.05, 3.63) is 0 Å². The molecule has 0 aliphatic carbocycles. The number of carboxylic acid groups (broad SMARTS) is 1. The van der Waals surface area contributed by atoms with Crippen LogP contribution in [0.4, 0.5) is 0 Å². The summed E-state index contributed by atoms with van der Waals surface area (Å²) in [6, 6.07) is -2.28. The Bertz CT molecular complexity index is 511. The Morgan fingerprint density at radius 2 is 1.31 bits per heavy atom. The van der Waals surface area contributed by atoms with Crippen LogP contribution in [0.3, 0.4) is 0 Å². The molecule has 0 radical (unpaired) electrons. The van der Waals surface area contributed by atoms with Crippen molar-refractivity contribution < 1.29 is 24.3 Å². The molecule has 0 saturated carbocycles. The molecule has 2 atom stereocenters. The lowest BCUT2D eigenvalue weighted by Crippen LogP contribution is -2.51. The topological polar surface area (TPSA) is 139 Å². The van der Waals surface area contributed by atoms with E-state index in [9.17, 15) is 19.2 Å². The molecule has 168 valence electrons. The molecule has 0 spiro atoms. The third-order valence-electron chi connectivity index (χ3n) is 4.80. The summed E-state index contributed by atoms with van der Waals surface area (Å²) < 4.78 is 0. The fourth-order valence-electron chi connectivity index (χ4n) is 3.03. The van der Waals surface area contributed by atoms with Gasteiger partial charge in [0.2, 0.25) is 17.7 Å². The van der Waals surface area contributed by atoms with Gasteiger partial charge in [-0.25, -0.2) is 4.79 Å². The number of hydrogen-bond acceptors (Lipinski definition) is 4. The predicted octanol–water partition coefficient (Wildman–Crippen LogP) is 2.64. The Kier molecular flexibility index (Phi) is 15.6. The largest absolute Gasteiger partial charge is 0.480 e. The Hall–Kier alpha value is -2.12. The number of hydrogen-bond donors (Lipinski definition) is 4. The van der Waals surface area contributed by atoms with Gasteiger partial charge in [0.1, 0.15) is 12.1 Å². The molecule has 0 aliphatic rings. The van der Waals surface area contributed by atoms with Gasteiger partial charge in [-0.15, -0.1) is 0 Å². The molecule has 29 heavy (non-hydrogen) atoms. The summed E-state index contributed by atoms with van der Waals surface area (Å²) in [6.07, 6.45) is 13.0. The van der Waals surface area contributed by atoms with Gasteiger partial charge in [-0.2, -0.15) is 0 Å². The van der Waals surface area contributed by atoms with Gasteiger partial charge in [0.25, 0.3) is 0 Å². The Balaban J connectivity index is 3.84. The molecule has 0 rings (SSSR count). The van der Waals surface area contributed by atoms with Gasteiger partial charge in [0, 0.05) is 6.42 Å². The van der Waals surface area contributed by atoms with Gasteiger partial charge in [0.15, 0.2) is 0 Å². The summed E-state index contributed by atoms with van der Waals surface area (Å²) in [5.74, 6) is -3.08. The number of primary amides is 1. The van der Waals surface area contributed by atoms with E-state index in [4.69, 9.17) is 10.8 Å². The molecule has 3 amide bonds. The highest BCUT2D eigenvalue weighted by atomic mass is 16.4. The van der Waals surface area contributed by atoms with Gasteiger partial charge in [-0.05, 0) is 13.3 Å². The fraction of sp³-hybridized carbons (Fsp3) is 0.810. The second-order valence-corrected chi connectivity index (χ2v) is 7.64. The number of nitrogens with one attached hydrogen (secondary N) is 2. The third kappa shape index (κ3) is 15.5. The first-order valence-corrected chi connectivity index (χ1v) is 10.9. The highest BCUT2D eigenvalue weighted by molar-refractivity contribution is 5.91. The van der Waals surface area contributed by atoms with E-state index in [0.29, 0.717) is 6.42 Å². The number of carboxylic acids is 1. The second kappa shape index (κ2) is 16.8. The van der Waals surface area contributed by atoms with Crippen molar-refractivity contribution in [2.24, 2.45) is 5.73 Å². The molecule has 8 heteroatoms. The minimum Gasteiger partial charge on any atom is -0.480 e. The number of rotatable bonds is 18. The van der Waals surface area contributed by atoms with Gasteiger partial charge in [-0.3, -0.25) is 14.4 Å². The summed E-state index contributed by atoms with van der Waals surface area (Å²) in [7, 11) is 0. The molecular weight excluding hydrogens is 374 g/mol. The summed E-state index contributed by atoms with van der Waals surface area (Å²) in [5, 5.41) is 13.8. The van der Waals surface area contributed by atoms with Crippen LogP contribution in [0.5, 0.6) is 0 Å². The van der Waals surface area contributed by atoms with E-state index in [-0.39, 0.29) is 5.91 Å². The van der Waals surface area contributed by atoms with Crippen LogP contribution in [0.2, 0.25) is 0 Å². The number of amides is 3. The molecule has 8 nitrogen and oxygen atoms in total. The first-order valence-electron chi connectivity index (χ1n) is 10.9. The van der Waals surface area contributed by atoms with Crippen LogP contribution in [-0.4, -0.2) is 40.9 Å². The van der Waals surface area contributed by atoms with E-state index < -0.39 is 36.3 Å². The Morgan fingerprint density at radius 1 is 0.828 bits per heavy atom. The van der Waals surface area contributed by atoms with Gasteiger partial charge >= 0.3 is 5.97 Å². The zero-order valence-corrected chi connectivity index (χ0v) is 18.0. The number of unbranched alkanes of at least 4 members (excludes halogenated alkanes) is 10. The summed E-state index contributed by atoms with van der Waals surface area (Å²) in [4.78, 5) is 45.8. The van der Waals surface area contributed by atoms with E-state index in [1.807, 2.05) is 0 Å². The van der Waals surface area contributed by atoms with Crippen molar-refractivity contribution in [3.63, 3.8) is 0 Å². The fourth-order valence-corrected chi connectivity index (χ4v) is 3.03. The minimum atomic E-state index is -1.40. The van der Waals surface area contributed by atoms with Crippen molar-refractivity contribution >= 4 is 23.7 Å². The normalized spacial score (nSPS) is 12.8. The average molecular weight is 414 g/mol. The molecule has 0 aromatic rings. The van der Waals surface area contributed by atoms with E-state index in [1.165, 1.54) is 58.3 Å². The molecule has 0 unspecified atom stereocenters. The number of carbonyl (C=O) groups is 4. The highest BCUT2D eigenvalue weighted by Gasteiger charge is 2.25. The monoisotopic (exact) mass is 413 g/mol. The first kappa shape index (κ1) is 26.9. The van der Waals surface area contributed by atoms with Gasteiger partial charge < -0.3 is 21.5 Å². The van der Waals surface area contributed by atoms with Crippen LogP contribution >= 0.6 is 0 Å². The van der Waals surface area contributed by atoms with E-state index >= 15 is 0 Å². The first-order chi connectivity index (χ1) is 13.8. The Morgan fingerprint density at radius 3 is 1.76 bits per heavy atom. The van der Waals surface area contributed by atoms with Gasteiger partial charge in [0.05, 0.1) is 6.42 Å². The molecule has 5 N–H and O–H groups in total. The lowest BCUT2D eigenvalue weighted by molar-refractivity contribution is -0.143. The lowest BCUT2D eigenvalue weighted by atomic mass is 10.1. The molecular formula is C21H39N3O5. The maximum Gasteiger partial charge on any atom is 0.326 e. The van der Waals surface area contributed by atoms with Crippen LogP contribution in [0.1, 0.15) is 97.3 Å². The number of aliphatic carboxylic acids is 1. The van der Waals surface area contributed by atoms with Crippen molar-refractivity contribution in [3.8, 4) is 0 Å². The van der Waals surface area contributed by atoms with Crippen molar-refractivity contribution in [1.82, 2.24) is 10.6 Å². The lowest BCUT2D eigenvalue weighted by Gasteiger charge is -2.17. The van der Waals surface area contributed by atoms with Crippen molar-refractivity contribution in [2.75, 3.05) is 0 Å². The Labute approximate surface area is 174 Å². The summed E-state index contributed by atoms with van der Waals surface area (Å²) in [6.45, 7) is 3.69. The van der Waals surface area contributed by atoms with Crippen LogP contribution < -0.4 is 16.4 Å². The molecule has 0 fully saturated rings. The summed E-state index contributed by atoms with van der Waals surface area (Å²) in [5.41, 5.74) is 4.97. The maximum atomic E-state index is 12.0. The molecule has 0 aliphatic heterocycles. The van der Waals surface area contributed by atoms with Crippen LogP contribution in [-0.2, 0) is 19.2 Å². The predicted molar refractivity (Wildman–Crippen MR) is 112 cm³/mol. The van der Waals surface area contributed by atoms with E-state index in [2.05, 4.69) is 17.6 Å². The van der Waals surface area contributed by atoms with Crippen molar-refractivity contribution in [1.29, 1.82) is 0 Å². The average Bonchev–Trinajstić information content (AvgIpc) is 2.64. The van der Waals surface area contributed by atoms with E-state index in [1.54, 1.807) is 0 Å². The maximum absolute atomic E-state index is 12.0. The standard InChI is InChI=1S/C21H39N3O5/c1-3-4-5-6-7-8-9-10-11-12-13-14-19(26)23-16(2)20(27)24-17(21(28)29)15-18(22)25/h16-17H,3-15H2,1-2H3,(H2,22,25)(H,23,26)(H,24,27)(H,28,29)/t16-,17-/m0/s1. The number of nitrogens with two attached hydrogens (primary N) is 1. The molecule has 0 saturated heterocycles. The third-order valence-corrected chi connectivity index (χ3v) is 4.80. The minimum absolute atomic E-state index is 0.245. The van der Waals surface area contributed by atoms with Crippen LogP contribution in [0.15, 0.2) is 0 Å².